The van der Waals surface area contributed by atoms with Crippen molar-refractivity contribution in [1.82, 2.24) is 4.90 Å². The van der Waals surface area contributed by atoms with Crippen molar-refractivity contribution < 1.29 is 9.59 Å². The highest BCUT2D eigenvalue weighted by Gasteiger charge is 2.41. The fraction of sp³-hybridized carbons (Fsp3) is 0.583. The normalized spacial score (nSPS) is 13.6. The fourth-order valence-corrected chi connectivity index (χ4v) is 13.4. The first-order valence-corrected chi connectivity index (χ1v) is 25.4. The van der Waals surface area contributed by atoms with Gasteiger partial charge in [-0.1, -0.05) is 143 Å². The Morgan fingerprint density at radius 3 is 1.42 bits per heavy atom. The van der Waals surface area contributed by atoms with E-state index in [9.17, 15) is 9.59 Å². The molecule has 0 N–H and O–H groups in total. The van der Waals surface area contributed by atoms with E-state index in [4.69, 9.17) is 0 Å². The number of fused-ring (bicyclic) bond motifs is 3. The van der Waals surface area contributed by atoms with Crippen molar-refractivity contribution in [3.05, 3.63) is 57.3 Å². The first-order valence-electron chi connectivity index (χ1n) is 22.0. The summed E-state index contributed by atoms with van der Waals surface area (Å²) < 4.78 is 5.33. The van der Waals surface area contributed by atoms with Gasteiger partial charge in [-0.15, -0.1) is 45.3 Å². The SMILES string of the molecule is CCCCCCCCc1csc2cc(-c3ccc(-c4cc5scc(CCCCCCCC)c5s4)c4c3C(=O)N(CC(CCCC)CCCCCC)C4=O)sc12. The molecule has 1 unspecified atom stereocenters. The monoisotopic (exact) mass is 815 g/mol. The number of unbranched alkanes of at least 4 members (excludes halogenated alkanes) is 14. The van der Waals surface area contributed by atoms with Crippen LogP contribution in [0.3, 0.4) is 0 Å². The van der Waals surface area contributed by atoms with Crippen LogP contribution in [0.1, 0.15) is 188 Å². The number of amides is 2. The Morgan fingerprint density at radius 1 is 0.527 bits per heavy atom. The van der Waals surface area contributed by atoms with E-state index in [-0.39, 0.29) is 11.8 Å². The van der Waals surface area contributed by atoms with Gasteiger partial charge in [-0.2, -0.15) is 0 Å². The average Bonchev–Trinajstić information content (AvgIpc) is 4.01. The Kier molecular flexibility index (Phi) is 16.5. The van der Waals surface area contributed by atoms with Crippen LogP contribution >= 0.6 is 45.3 Å². The number of hydrogen-bond donors (Lipinski definition) is 0. The van der Waals surface area contributed by atoms with Crippen LogP contribution in [0, 0.1) is 5.92 Å². The summed E-state index contributed by atoms with van der Waals surface area (Å²) in [5, 5.41) is 4.70. The predicted molar refractivity (Wildman–Crippen MR) is 245 cm³/mol. The zero-order valence-corrected chi connectivity index (χ0v) is 37.5. The third-order valence-electron chi connectivity index (χ3n) is 11.8. The van der Waals surface area contributed by atoms with Crippen molar-refractivity contribution in [3.8, 4) is 20.9 Å². The van der Waals surface area contributed by atoms with Crippen LogP contribution in [-0.4, -0.2) is 23.3 Å². The van der Waals surface area contributed by atoms with E-state index in [2.05, 4.69) is 62.7 Å². The van der Waals surface area contributed by atoms with E-state index in [0.29, 0.717) is 23.6 Å². The Balaban J connectivity index is 1.31. The molecule has 298 valence electrons. The molecule has 0 spiro atoms. The van der Waals surface area contributed by atoms with Gasteiger partial charge in [0.2, 0.25) is 0 Å². The maximum Gasteiger partial charge on any atom is 0.262 e. The number of thiophene rings is 4. The van der Waals surface area contributed by atoms with Crippen molar-refractivity contribution in [2.24, 2.45) is 5.92 Å². The van der Waals surface area contributed by atoms with Crippen molar-refractivity contribution in [3.63, 3.8) is 0 Å². The molecule has 7 heteroatoms. The van der Waals surface area contributed by atoms with Crippen LogP contribution in [0.2, 0.25) is 0 Å². The molecule has 4 aromatic heterocycles. The first kappa shape index (κ1) is 42.3. The van der Waals surface area contributed by atoms with Gasteiger partial charge in [0.1, 0.15) is 0 Å². The number of rotatable bonds is 26. The number of hydrogen-bond acceptors (Lipinski definition) is 6. The van der Waals surface area contributed by atoms with E-state index in [0.717, 1.165) is 59.4 Å². The van der Waals surface area contributed by atoms with E-state index in [1.165, 1.54) is 133 Å². The van der Waals surface area contributed by atoms with Crippen LogP contribution in [0.15, 0.2) is 35.0 Å². The van der Waals surface area contributed by atoms with Crippen LogP contribution < -0.4 is 0 Å². The highest BCUT2D eigenvalue weighted by atomic mass is 32.1. The summed E-state index contributed by atoms with van der Waals surface area (Å²) in [6, 6.07) is 8.91. The summed E-state index contributed by atoms with van der Waals surface area (Å²) in [6.45, 7) is 9.57. The number of carbonyl (C=O) groups is 2. The lowest BCUT2D eigenvalue weighted by molar-refractivity contribution is 0.0622. The fourth-order valence-electron chi connectivity index (χ4n) is 8.47. The van der Waals surface area contributed by atoms with E-state index < -0.39 is 0 Å². The zero-order chi connectivity index (χ0) is 38.6. The Hall–Kier alpha value is -2.32. The molecule has 1 aliphatic heterocycles. The van der Waals surface area contributed by atoms with Gasteiger partial charge in [-0.3, -0.25) is 14.5 Å². The number of nitrogens with zero attached hydrogens (tertiary/aromatic N) is 1. The maximum absolute atomic E-state index is 14.7. The third-order valence-corrected chi connectivity index (χ3v) is 16.5. The molecule has 55 heavy (non-hydrogen) atoms. The van der Waals surface area contributed by atoms with Gasteiger partial charge in [0.25, 0.3) is 11.8 Å². The van der Waals surface area contributed by atoms with Crippen molar-refractivity contribution in [1.29, 1.82) is 0 Å². The molecule has 1 atom stereocenters. The van der Waals surface area contributed by atoms with E-state index in [1.807, 2.05) is 45.3 Å². The second-order valence-corrected chi connectivity index (χ2v) is 20.1. The third kappa shape index (κ3) is 10.4. The predicted octanol–water partition coefficient (Wildman–Crippen LogP) is 16.8. The lowest BCUT2D eigenvalue weighted by atomic mass is 9.94. The molecule has 0 fully saturated rings. The molecule has 2 amide bonds. The second-order valence-electron chi connectivity index (χ2n) is 16.2. The molecular weight excluding hydrogens is 751 g/mol. The zero-order valence-electron chi connectivity index (χ0n) is 34.2. The Morgan fingerprint density at radius 2 is 0.945 bits per heavy atom. The summed E-state index contributed by atoms with van der Waals surface area (Å²) in [5.41, 5.74) is 6.04. The molecule has 1 aromatic carbocycles. The molecule has 5 aromatic rings. The van der Waals surface area contributed by atoms with Crippen LogP contribution in [0.25, 0.3) is 39.7 Å². The van der Waals surface area contributed by atoms with Gasteiger partial charge >= 0.3 is 0 Å². The molecule has 1 aliphatic rings. The number of carbonyl (C=O) groups excluding carboxylic acids is 2. The van der Waals surface area contributed by atoms with Crippen molar-refractivity contribution in [2.75, 3.05) is 6.54 Å². The Bertz CT molecular complexity index is 1850. The molecule has 0 aliphatic carbocycles. The summed E-state index contributed by atoms with van der Waals surface area (Å²) in [6.07, 6.45) is 27.1. The molecule has 6 rings (SSSR count). The van der Waals surface area contributed by atoms with Crippen molar-refractivity contribution in [2.45, 2.75) is 169 Å². The van der Waals surface area contributed by atoms with E-state index in [1.54, 1.807) is 4.90 Å². The second kappa shape index (κ2) is 21.4. The molecule has 3 nitrogen and oxygen atoms in total. The molecule has 5 heterocycles. The van der Waals surface area contributed by atoms with E-state index >= 15 is 0 Å². The molecule has 0 saturated carbocycles. The molecule has 0 bridgehead atoms. The lowest BCUT2D eigenvalue weighted by Gasteiger charge is -2.23. The summed E-state index contributed by atoms with van der Waals surface area (Å²) in [7, 11) is 0. The van der Waals surface area contributed by atoms with Crippen LogP contribution in [-0.2, 0) is 12.8 Å². The minimum absolute atomic E-state index is 0.0851. The topological polar surface area (TPSA) is 37.4 Å². The first-order chi connectivity index (χ1) is 27.0. The number of benzene rings is 1. The molecule has 0 saturated heterocycles. The smallest absolute Gasteiger partial charge is 0.262 e. The largest absolute Gasteiger partial charge is 0.274 e. The highest BCUT2D eigenvalue weighted by Crippen LogP contribution is 2.47. The summed E-state index contributed by atoms with van der Waals surface area (Å²) >= 11 is 7.30. The standard InChI is InChI=1S/C48H65NO2S4/c1-5-9-13-16-18-21-25-35-32-52-41-29-39(54-45(35)41)37-27-28-38(40-30-42-46(55-40)36(33-53-42)26-22-19-17-14-10-6-2)44-43(37)47(50)49(48(44)51)31-34(23-12-8-4)24-20-15-11-7-3/h27-30,32-34H,5-26,31H2,1-4H3. The summed E-state index contributed by atoms with van der Waals surface area (Å²) in [4.78, 5) is 33.4. The molecule has 0 radical (unpaired) electrons. The highest BCUT2D eigenvalue weighted by molar-refractivity contribution is 7.29. The minimum atomic E-state index is -0.0851. The van der Waals surface area contributed by atoms with Crippen molar-refractivity contribution >= 4 is 76.0 Å². The van der Waals surface area contributed by atoms with Gasteiger partial charge < -0.3 is 0 Å². The number of imide groups is 1. The molecular formula is C48H65NO2S4. The number of aryl methyl sites for hydroxylation is 2. The van der Waals surface area contributed by atoms with Gasteiger partial charge in [-0.25, -0.2) is 0 Å². The van der Waals surface area contributed by atoms with Gasteiger partial charge in [0, 0.05) is 46.2 Å². The Labute approximate surface area is 347 Å². The summed E-state index contributed by atoms with van der Waals surface area (Å²) in [5.74, 6) is 0.176. The van der Waals surface area contributed by atoms with Crippen LogP contribution in [0.4, 0.5) is 0 Å². The van der Waals surface area contributed by atoms with Gasteiger partial charge in [0.05, 0.1) is 11.1 Å². The minimum Gasteiger partial charge on any atom is -0.274 e. The maximum atomic E-state index is 14.7. The average molecular weight is 816 g/mol. The quantitative estimate of drug-likeness (QED) is 0.0412. The lowest BCUT2D eigenvalue weighted by Crippen LogP contribution is -2.34. The van der Waals surface area contributed by atoms with Crippen LogP contribution in [0.5, 0.6) is 0 Å². The van der Waals surface area contributed by atoms with Gasteiger partial charge in [-0.05, 0) is 78.5 Å². The van der Waals surface area contributed by atoms with Gasteiger partial charge in [0.15, 0.2) is 0 Å².